The lowest BCUT2D eigenvalue weighted by atomic mass is 10.3. The standard InChI is InChI=1S/C10H16N2O.2ClH/c1-12(2)7-8-13-10-5-3-9(11)4-6-10;;/h3-6H,7-8,11H2,1-2H3;2*1H. The van der Waals surface area contributed by atoms with Crippen molar-refractivity contribution >= 4 is 30.5 Å². The Balaban J connectivity index is 0. The van der Waals surface area contributed by atoms with Crippen molar-refractivity contribution in [3.8, 4) is 5.75 Å². The predicted octanol–water partition coefficient (Wildman–Crippen LogP) is 2.05. The molecule has 0 fully saturated rings. The van der Waals surface area contributed by atoms with E-state index in [0.717, 1.165) is 18.0 Å². The van der Waals surface area contributed by atoms with Gasteiger partial charge in [-0.1, -0.05) is 0 Å². The van der Waals surface area contributed by atoms with E-state index in [2.05, 4.69) is 4.90 Å². The van der Waals surface area contributed by atoms with Gasteiger partial charge in [-0.05, 0) is 38.4 Å². The number of halogens is 2. The smallest absolute Gasteiger partial charge is 0.119 e. The van der Waals surface area contributed by atoms with Gasteiger partial charge in [0, 0.05) is 12.2 Å². The van der Waals surface area contributed by atoms with Gasteiger partial charge in [0.1, 0.15) is 12.4 Å². The Hall–Kier alpha value is -0.640. The molecule has 0 atom stereocenters. The van der Waals surface area contributed by atoms with E-state index in [4.69, 9.17) is 10.5 Å². The van der Waals surface area contributed by atoms with E-state index in [9.17, 15) is 0 Å². The highest BCUT2D eigenvalue weighted by Gasteiger charge is 1.93. The van der Waals surface area contributed by atoms with Crippen molar-refractivity contribution in [1.82, 2.24) is 4.90 Å². The van der Waals surface area contributed by atoms with E-state index in [1.54, 1.807) is 0 Å². The fourth-order valence-corrected chi connectivity index (χ4v) is 0.910. The molecule has 0 unspecified atom stereocenters. The number of likely N-dealkylation sites (N-methyl/N-ethyl adjacent to an activating group) is 1. The molecule has 0 aliphatic heterocycles. The first-order chi connectivity index (χ1) is 6.18. The van der Waals surface area contributed by atoms with E-state index >= 15 is 0 Å². The minimum Gasteiger partial charge on any atom is -0.492 e. The van der Waals surface area contributed by atoms with Crippen LogP contribution in [0.3, 0.4) is 0 Å². The maximum atomic E-state index is 5.54. The van der Waals surface area contributed by atoms with Crippen LogP contribution in [0.4, 0.5) is 5.69 Å². The third-order valence-electron chi connectivity index (χ3n) is 1.69. The molecule has 2 N–H and O–H groups in total. The van der Waals surface area contributed by atoms with E-state index in [1.807, 2.05) is 38.4 Å². The van der Waals surface area contributed by atoms with Gasteiger partial charge in [0.05, 0.1) is 0 Å². The van der Waals surface area contributed by atoms with Crippen molar-refractivity contribution in [1.29, 1.82) is 0 Å². The van der Waals surface area contributed by atoms with Crippen LogP contribution in [0.25, 0.3) is 0 Å². The average Bonchev–Trinajstić information content (AvgIpc) is 2.08. The van der Waals surface area contributed by atoms with Gasteiger partial charge in [0.2, 0.25) is 0 Å². The summed E-state index contributed by atoms with van der Waals surface area (Å²) in [5.74, 6) is 0.871. The summed E-state index contributed by atoms with van der Waals surface area (Å²) in [6.07, 6.45) is 0. The number of hydrogen-bond donors (Lipinski definition) is 1. The molecule has 0 radical (unpaired) electrons. The normalized spacial score (nSPS) is 9.00. The molecule has 1 aromatic rings. The zero-order valence-corrected chi connectivity index (χ0v) is 10.6. The van der Waals surface area contributed by atoms with E-state index in [1.165, 1.54) is 0 Å². The topological polar surface area (TPSA) is 38.5 Å². The monoisotopic (exact) mass is 252 g/mol. The van der Waals surface area contributed by atoms with Crippen molar-refractivity contribution in [2.75, 3.05) is 33.0 Å². The van der Waals surface area contributed by atoms with E-state index < -0.39 is 0 Å². The number of benzene rings is 1. The Morgan fingerprint density at radius 3 is 2.13 bits per heavy atom. The van der Waals surface area contributed by atoms with Gasteiger partial charge >= 0.3 is 0 Å². The summed E-state index contributed by atoms with van der Waals surface area (Å²) < 4.78 is 5.47. The van der Waals surface area contributed by atoms with Gasteiger partial charge in [-0.2, -0.15) is 0 Å². The van der Waals surface area contributed by atoms with Crippen LogP contribution in [-0.2, 0) is 0 Å². The number of nitrogens with two attached hydrogens (primary N) is 1. The Morgan fingerprint density at radius 1 is 1.13 bits per heavy atom. The highest BCUT2D eigenvalue weighted by Crippen LogP contribution is 2.12. The minimum atomic E-state index is 0. The molecule has 0 saturated carbocycles. The molecular formula is C10H18Cl2N2O. The molecular weight excluding hydrogens is 235 g/mol. The molecule has 88 valence electrons. The first kappa shape index (κ1) is 16.8. The number of nitrogen functional groups attached to an aromatic ring is 1. The molecule has 0 saturated heterocycles. The van der Waals surface area contributed by atoms with Gasteiger partial charge in [-0.15, -0.1) is 24.8 Å². The van der Waals surface area contributed by atoms with Crippen LogP contribution >= 0.6 is 24.8 Å². The summed E-state index contributed by atoms with van der Waals surface area (Å²) in [7, 11) is 4.04. The molecule has 0 aliphatic rings. The fraction of sp³-hybridized carbons (Fsp3) is 0.400. The van der Waals surface area contributed by atoms with Crippen LogP contribution in [-0.4, -0.2) is 32.1 Å². The lowest BCUT2D eigenvalue weighted by Crippen LogP contribution is -2.19. The molecule has 0 spiro atoms. The summed E-state index contributed by atoms with van der Waals surface area (Å²) >= 11 is 0. The molecule has 0 amide bonds. The van der Waals surface area contributed by atoms with Crippen LogP contribution in [0.1, 0.15) is 0 Å². The third kappa shape index (κ3) is 7.31. The fourth-order valence-electron chi connectivity index (χ4n) is 0.910. The second-order valence-corrected chi connectivity index (χ2v) is 3.22. The number of ether oxygens (including phenoxy) is 1. The third-order valence-corrected chi connectivity index (χ3v) is 1.69. The van der Waals surface area contributed by atoms with Gasteiger partial charge in [-0.25, -0.2) is 0 Å². The van der Waals surface area contributed by atoms with Gasteiger partial charge in [0.15, 0.2) is 0 Å². The molecule has 5 heteroatoms. The molecule has 15 heavy (non-hydrogen) atoms. The summed E-state index contributed by atoms with van der Waals surface area (Å²) in [6.45, 7) is 1.63. The van der Waals surface area contributed by atoms with Crippen LogP contribution < -0.4 is 10.5 Å². The number of nitrogens with zero attached hydrogens (tertiary/aromatic N) is 1. The molecule has 1 aromatic carbocycles. The average molecular weight is 253 g/mol. The Bertz CT molecular complexity index is 252. The molecule has 0 bridgehead atoms. The molecule has 0 aliphatic carbocycles. The second kappa shape index (κ2) is 8.65. The molecule has 0 aromatic heterocycles. The molecule has 3 nitrogen and oxygen atoms in total. The summed E-state index contributed by atoms with van der Waals surface area (Å²) in [5.41, 5.74) is 6.30. The van der Waals surface area contributed by atoms with Crippen molar-refractivity contribution < 1.29 is 4.74 Å². The predicted molar refractivity (Wildman–Crippen MR) is 69.4 cm³/mol. The quantitative estimate of drug-likeness (QED) is 0.834. The highest BCUT2D eigenvalue weighted by molar-refractivity contribution is 5.85. The minimum absolute atomic E-state index is 0. The zero-order chi connectivity index (χ0) is 9.68. The lowest BCUT2D eigenvalue weighted by molar-refractivity contribution is 0.261. The van der Waals surface area contributed by atoms with Crippen LogP contribution in [0.15, 0.2) is 24.3 Å². The van der Waals surface area contributed by atoms with Gasteiger partial charge < -0.3 is 15.4 Å². The Labute approximate surface area is 103 Å². The van der Waals surface area contributed by atoms with Gasteiger partial charge in [-0.3, -0.25) is 0 Å². The van der Waals surface area contributed by atoms with Crippen LogP contribution in [0.2, 0.25) is 0 Å². The maximum absolute atomic E-state index is 5.54. The van der Waals surface area contributed by atoms with Crippen LogP contribution in [0, 0.1) is 0 Å². The van der Waals surface area contributed by atoms with Crippen molar-refractivity contribution in [2.24, 2.45) is 0 Å². The van der Waals surface area contributed by atoms with Crippen molar-refractivity contribution in [3.63, 3.8) is 0 Å². The van der Waals surface area contributed by atoms with Crippen LogP contribution in [0.5, 0.6) is 5.75 Å². The Morgan fingerprint density at radius 2 is 1.67 bits per heavy atom. The van der Waals surface area contributed by atoms with E-state index in [0.29, 0.717) is 6.61 Å². The largest absolute Gasteiger partial charge is 0.492 e. The highest BCUT2D eigenvalue weighted by atomic mass is 35.5. The SMILES string of the molecule is CN(C)CCOc1ccc(N)cc1.Cl.Cl. The summed E-state index contributed by atoms with van der Waals surface area (Å²) in [5, 5.41) is 0. The van der Waals surface area contributed by atoms with Crippen molar-refractivity contribution in [2.45, 2.75) is 0 Å². The van der Waals surface area contributed by atoms with E-state index in [-0.39, 0.29) is 24.8 Å². The van der Waals surface area contributed by atoms with Gasteiger partial charge in [0.25, 0.3) is 0 Å². The first-order valence-corrected chi connectivity index (χ1v) is 4.31. The number of anilines is 1. The summed E-state index contributed by atoms with van der Waals surface area (Å²) in [6, 6.07) is 7.44. The zero-order valence-electron chi connectivity index (χ0n) is 8.97. The summed E-state index contributed by atoms with van der Waals surface area (Å²) in [4.78, 5) is 2.08. The van der Waals surface area contributed by atoms with Crippen molar-refractivity contribution in [3.05, 3.63) is 24.3 Å². The maximum Gasteiger partial charge on any atom is 0.119 e. The lowest BCUT2D eigenvalue weighted by Gasteiger charge is -2.10. The molecule has 0 heterocycles. The number of hydrogen-bond acceptors (Lipinski definition) is 3. The molecule has 1 rings (SSSR count). The number of rotatable bonds is 4. The second-order valence-electron chi connectivity index (χ2n) is 3.22. The Kier molecular flexibility index (Phi) is 9.68. The first-order valence-electron chi connectivity index (χ1n) is 4.31.